The summed E-state index contributed by atoms with van der Waals surface area (Å²) in [6.07, 6.45) is 0.666. The van der Waals surface area contributed by atoms with Gasteiger partial charge in [-0.1, -0.05) is 38.1 Å². The fourth-order valence-corrected chi connectivity index (χ4v) is 5.66. The quantitative estimate of drug-likeness (QED) is 0.240. The van der Waals surface area contributed by atoms with Gasteiger partial charge in [0.25, 0.3) is 11.5 Å². The lowest BCUT2D eigenvalue weighted by atomic mass is 9.86. The van der Waals surface area contributed by atoms with Crippen molar-refractivity contribution in [3.63, 3.8) is 0 Å². The number of carbonyl (C=O) groups is 2. The summed E-state index contributed by atoms with van der Waals surface area (Å²) >= 11 is 0. The second kappa shape index (κ2) is 12.1. The Labute approximate surface area is 248 Å². The number of ether oxygens (including phenoxy) is 1. The number of carbonyl (C=O) groups excluding carboxylic acids is 2. The zero-order valence-electron chi connectivity index (χ0n) is 24.7. The second-order valence-electron chi connectivity index (χ2n) is 11.0. The molecule has 2 aromatic carbocycles. The number of likely N-dealkylation sites (N-methyl/N-ethyl adjacent to an activating group) is 1. The Morgan fingerprint density at radius 2 is 1.88 bits per heavy atom. The highest BCUT2D eigenvalue weighted by Gasteiger charge is 2.41. The van der Waals surface area contributed by atoms with E-state index in [0.29, 0.717) is 24.4 Å². The summed E-state index contributed by atoms with van der Waals surface area (Å²) in [6, 6.07) is 14.4. The lowest BCUT2D eigenvalue weighted by molar-refractivity contribution is -0.141. The summed E-state index contributed by atoms with van der Waals surface area (Å²) in [6.45, 7) is 4.23. The molecule has 2 aromatic heterocycles. The number of nitrogens with one attached hydrogen (secondary N) is 1. The van der Waals surface area contributed by atoms with Crippen molar-refractivity contribution in [3.05, 3.63) is 98.6 Å². The standard InChI is InChI=1S/C33H35FN4O5/c1-5-22-23-12-7-8-13-27(23)36-29-24(22)18-38-28(29)17-26(33(42,6-2)32(41)35-14-15-37(3)4)25(30(38)39)19-43-31(40)20-10-9-11-21(34)16-20/h7-13,16-17,42H,5-6,14-15,18-19H2,1-4H3,(H,35,41)/t33-/m0/s1. The van der Waals surface area contributed by atoms with Gasteiger partial charge in [-0.15, -0.1) is 0 Å². The number of halogens is 1. The van der Waals surface area contributed by atoms with E-state index in [9.17, 15) is 23.9 Å². The number of hydrogen-bond donors (Lipinski definition) is 2. The van der Waals surface area contributed by atoms with Crippen LogP contribution in [0, 0.1) is 5.82 Å². The van der Waals surface area contributed by atoms with Crippen molar-refractivity contribution in [2.75, 3.05) is 27.2 Å². The second-order valence-corrected chi connectivity index (χ2v) is 11.0. The maximum atomic E-state index is 14.2. The Kier molecular flexibility index (Phi) is 8.43. The average Bonchev–Trinajstić information content (AvgIpc) is 3.36. The molecule has 43 heavy (non-hydrogen) atoms. The molecule has 0 aliphatic carbocycles. The highest BCUT2D eigenvalue weighted by molar-refractivity contribution is 5.91. The molecule has 2 N–H and O–H groups in total. The first-order valence-corrected chi connectivity index (χ1v) is 14.3. The Morgan fingerprint density at radius 1 is 1.12 bits per heavy atom. The van der Waals surface area contributed by atoms with Gasteiger partial charge in [0.15, 0.2) is 5.60 Å². The third kappa shape index (κ3) is 5.55. The molecule has 0 bridgehead atoms. The summed E-state index contributed by atoms with van der Waals surface area (Å²) in [7, 11) is 3.73. The van der Waals surface area contributed by atoms with Crippen molar-refractivity contribution in [3.8, 4) is 11.4 Å². The van der Waals surface area contributed by atoms with Crippen LogP contribution >= 0.6 is 0 Å². The van der Waals surface area contributed by atoms with Crippen molar-refractivity contribution in [2.24, 2.45) is 0 Å². The number of pyridine rings is 2. The summed E-state index contributed by atoms with van der Waals surface area (Å²) in [5, 5.41) is 15.7. The van der Waals surface area contributed by atoms with E-state index in [4.69, 9.17) is 9.72 Å². The summed E-state index contributed by atoms with van der Waals surface area (Å²) in [4.78, 5) is 47.3. The Balaban J connectivity index is 1.64. The van der Waals surface area contributed by atoms with Gasteiger partial charge in [-0.25, -0.2) is 14.2 Å². The van der Waals surface area contributed by atoms with Crippen LogP contribution < -0.4 is 10.9 Å². The number of rotatable bonds is 10. The van der Waals surface area contributed by atoms with E-state index in [1.54, 1.807) is 17.6 Å². The van der Waals surface area contributed by atoms with Crippen molar-refractivity contribution in [2.45, 2.75) is 45.4 Å². The number of aromatic nitrogens is 2. The number of hydrogen-bond acceptors (Lipinski definition) is 7. The van der Waals surface area contributed by atoms with Gasteiger partial charge in [0.05, 0.1) is 34.6 Å². The molecule has 1 aliphatic heterocycles. The fraction of sp³-hybridized carbons (Fsp3) is 0.333. The molecule has 0 spiro atoms. The van der Waals surface area contributed by atoms with Crippen molar-refractivity contribution < 1.29 is 23.8 Å². The van der Waals surface area contributed by atoms with Gasteiger partial charge in [-0.3, -0.25) is 9.59 Å². The monoisotopic (exact) mass is 586 g/mol. The van der Waals surface area contributed by atoms with E-state index in [1.165, 1.54) is 18.2 Å². The van der Waals surface area contributed by atoms with E-state index >= 15 is 0 Å². The van der Waals surface area contributed by atoms with Gasteiger partial charge in [0.1, 0.15) is 12.4 Å². The van der Waals surface area contributed by atoms with Gasteiger partial charge < -0.3 is 24.6 Å². The normalized spacial score (nSPS) is 13.5. The maximum absolute atomic E-state index is 14.2. The minimum Gasteiger partial charge on any atom is -0.457 e. The van der Waals surface area contributed by atoms with Crippen LogP contribution in [0.1, 0.15) is 52.9 Å². The van der Waals surface area contributed by atoms with E-state index in [1.807, 2.05) is 50.2 Å². The number of benzene rings is 2. The van der Waals surface area contributed by atoms with Gasteiger partial charge in [0.2, 0.25) is 0 Å². The minimum absolute atomic E-state index is 0.0223. The molecule has 3 heterocycles. The first-order valence-electron chi connectivity index (χ1n) is 14.3. The molecule has 9 nitrogen and oxygen atoms in total. The molecule has 10 heteroatoms. The smallest absolute Gasteiger partial charge is 0.338 e. The molecule has 0 saturated carbocycles. The molecule has 1 aliphatic rings. The molecular weight excluding hydrogens is 551 g/mol. The number of esters is 1. The maximum Gasteiger partial charge on any atom is 0.338 e. The van der Waals surface area contributed by atoms with Gasteiger partial charge >= 0.3 is 5.97 Å². The average molecular weight is 587 g/mol. The van der Waals surface area contributed by atoms with Crippen LogP contribution in [0.3, 0.4) is 0 Å². The van der Waals surface area contributed by atoms with Crippen LogP contribution in [0.2, 0.25) is 0 Å². The zero-order valence-corrected chi connectivity index (χ0v) is 24.7. The molecule has 0 fully saturated rings. The molecule has 5 rings (SSSR count). The lowest BCUT2D eigenvalue weighted by Gasteiger charge is -2.29. The minimum atomic E-state index is -2.10. The molecule has 0 radical (unpaired) electrons. The molecule has 1 atom stereocenters. The molecule has 1 amide bonds. The third-order valence-corrected chi connectivity index (χ3v) is 8.01. The van der Waals surface area contributed by atoms with E-state index in [0.717, 1.165) is 28.1 Å². The van der Waals surface area contributed by atoms with Crippen LogP contribution in [0.25, 0.3) is 22.3 Å². The number of aryl methyl sites for hydroxylation is 1. The van der Waals surface area contributed by atoms with Gasteiger partial charge in [-0.2, -0.15) is 0 Å². The number of amides is 1. The molecule has 224 valence electrons. The third-order valence-electron chi connectivity index (χ3n) is 8.01. The fourth-order valence-electron chi connectivity index (χ4n) is 5.66. The Morgan fingerprint density at radius 3 is 2.58 bits per heavy atom. The SMILES string of the molecule is CCc1c2c(nc3ccccc13)-c1cc([C@@](O)(CC)C(=O)NCCN(C)C)c(COC(=O)c3cccc(F)c3)c(=O)n1C2. The predicted octanol–water partition coefficient (Wildman–Crippen LogP) is 3.76. The summed E-state index contributed by atoms with van der Waals surface area (Å²) < 4.78 is 20.8. The lowest BCUT2D eigenvalue weighted by Crippen LogP contribution is -2.47. The Bertz CT molecular complexity index is 1780. The molecule has 0 unspecified atom stereocenters. The van der Waals surface area contributed by atoms with Gasteiger partial charge in [-0.05, 0) is 62.8 Å². The van der Waals surface area contributed by atoms with Crippen LogP contribution in [0.15, 0.2) is 59.4 Å². The zero-order chi connectivity index (χ0) is 30.9. The molecule has 0 saturated heterocycles. The van der Waals surface area contributed by atoms with Crippen molar-refractivity contribution >= 4 is 22.8 Å². The molecular formula is C33H35FN4O5. The van der Waals surface area contributed by atoms with E-state index in [2.05, 4.69) is 5.32 Å². The predicted molar refractivity (Wildman–Crippen MR) is 161 cm³/mol. The number of aliphatic hydroxyl groups is 1. The molecule has 4 aromatic rings. The van der Waals surface area contributed by atoms with Crippen LogP contribution in [0.4, 0.5) is 4.39 Å². The van der Waals surface area contributed by atoms with Crippen LogP contribution in [-0.4, -0.2) is 58.6 Å². The van der Waals surface area contributed by atoms with E-state index in [-0.39, 0.29) is 36.2 Å². The van der Waals surface area contributed by atoms with Gasteiger partial charge in [0, 0.05) is 29.6 Å². The first-order chi connectivity index (χ1) is 20.6. The van der Waals surface area contributed by atoms with E-state index < -0.39 is 35.5 Å². The number of fused-ring (bicyclic) bond motifs is 4. The number of nitrogens with zero attached hydrogens (tertiary/aromatic N) is 3. The topological polar surface area (TPSA) is 114 Å². The van der Waals surface area contributed by atoms with Crippen LogP contribution in [0.5, 0.6) is 0 Å². The van der Waals surface area contributed by atoms with Crippen LogP contribution in [-0.2, 0) is 34.7 Å². The first kappa shape index (κ1) is 30.1. The summed E-state index contributed by atoms with van der Waals surface area (Å²) in [5.74, 6) is -2.11. The highest BCUT2D eigenvalue weighted by Crippen LogP contribution is 2.38. The number of para-hydroxylation sites is 1. The highest BCUT2D eigenvalue weighted by atomic mass is 19.1. The summed E-state index contributed by atoms with van der Waals surface area (Å²) in [5.41, 5.74) is 1.22. The van der Waals surface area contributed by atoms with Crippen molar-refractivity contribution in [1.29, 1.82) is 0 Å². The Hall–Kier alpha value is -4.41. The van der Waals surface area contributed by atoms with Crippen molar-refractivity contribution in [1.82, 2.24) is 19.8 Å². The largest absolute Gasteiger partial charge is 0.457 e.